The monoisotopic (exact) mass is 575 g/mol. The molecule has 1 fully saturated rings. The van der Waals surface area contributed by atoms with Crippen molar-refractivity contribution in [1.29, 1.82) is 0 Å². The summed E-state index contributed by atoms with van der Waals surface area (Å²) >= 11 is 0. The highest BCUT2D eigenvalue weighted by atomic mass is 16.5. The predicted molar refractivity (Wildman–Crippen MR) is 163 cm³/mol. The summed E-state index contributed by atoms with van der Waals surface area (Å²) in [5, 5.41) is 3.66. The van der Waals surface area contributed by atoms with Gasteiger partial charge in [0.05, 0.1) is 50.1 Å². The SMILES string of the molecule is COc1ccc(N(C)C(C)C(=Nc2ccccc2C)N(C(C)=O)N2CCN(C(=O)Cc3cn(C)cn3)CC2)c(OC)c1. The molecule has 224 valence electrons. The number of amides is 2. The number of carbonyl (C=O) groups excluding carboxylic acids is 2. The van der Waals surface area contributed by atoms with Crippen molar-refractivity contribution in [3.05, 3.63) is 66.2 Å². The molecule has 1 aromatic heterocycles. The first-order valence-corrected chi connectivity index (χ1v) is 14.0. The summed E-state index contributed by atoms with van der Waals surface area (Å²) in [4.78, 5) is 39.6. The lowest BCUT2D eigenvalue weighted by molar-refractivity contribution is -0.143. The van der Waals surface area contributed by atoms with Crippen molar-refractivity contribution in [2.45, 2.75) is 33.2 Å². The van der Waals surface area contributed by atoms with E-state index in [9.17, 15) is 9.59 Å². The largest absolute Gasteiger partial charge is 0.497 e. The zero-order chi connectivity index (χ0) is 30.4. The number of hydrogen-bond acceptors (Lipinski definition) is 8. The molecule has 0 saturated carbocycles. The second kappa shape index (κ2) is 13.5. The fourth-order valence-corrected chi connectivity index (χ4v) is 5.06. The van der Waals surface area contributed by atoms with Crippen molar-refractivity contribution in [3.63, 3.8) is 0 Å². The number of aliphatic imine (C=N–C) groups is 1. The average Bonchev–Trinajstić information content (AvgIpc) is 3.40. The van der Waals surface area contributed by atoms with E-state index in [1.807, 2.05) is 96.0 Å². The van der Waals surface area contributed by atoms with Crippen LogP contribution in [0.5, 0.6) is 11.5 Å². The van der Waals surface area contributed by atoms with E-state index in [2.05, 4.69) is 4.98 Å². The molecule has 0 bridgehead atoms. The van der Waals surface area contributed by atoms with Gasteiger partial charge < -0.3 is 23.8 Å². The molecule has 4 rings (SSSR count). The minimum atomic E-state index is -0.334. The van der Waals surface area contributed by atoms with E-state index >= 15 is 0 Å². The molecule has 1 saturated heterocycles. The van der Waals surface area contributed by atoms with Gasteiger partial charge in [0, 0.05) is 59.5 Å². The third kappa shape index (κ3) is 6.91. The molecule has 1 aliphatic rings. The lowest BCUT2D eigenvalue weighted by Gasteiger charge is -2.43. The second-order valence-corrected chi connectivity index (χ2v) is 10.5. The standard InChI is InChI=1S/C31H41N7O4/c1-22-10-8-9-11-27(22)33-31(23(2)35(5)28-13-12-26(41-6)19-29(28)42-7)38(24(3)39)37-16-14-36(15-17-37)30(40)18-25-20-34(4)21-32-25/h8-13,19-21,23H,14-18H2,1-7H3. The van der Waals surface area contributed by atoms with Crippen LogP contribution in [0.15, 0.2) is 60.0 Å². The average molecular weight is 576 g/mol. The number of aromatic nitrogens is 2. The van der Waals surface area contributed by atoms with Crippen LogP contribution in [0.3, 0.4) is 0 Å². The Morgan fingerprint density at radius 1 is 1.07 bits per heavy atom. The molecule has 0 N–H and O–H groups in total. The Kier molecular flexibility index (Phi) is 9.84. The summed E-state index contributed by atoms with van der Waals surface area (Å²) in [6, 6.07) is 13.2. The molecule has 3 aromatic rings. The lowest BCUT2D eigenvalue weighted by atomic mass is 10.1. The molecular weight excluding hydrogens is 534 g/mol. The summed E-state index contributed by atoms with van der Waals surface area (Å²) in [5.74, 6) is 1.78. The zero-order valence-corrected chi connectivity index (χ0v) is 25.6. The van der Waals surface area contributed by atoms with E-state index in [1.165, 1.54) is 0 Å². The van der Waals surface area contributed by atoms with Gasteiger partial charge in [0.2, 0.25) is 11.8 Å². The summed E-state index contributed by atoms with van der Waals surface area (Å²) in [5.41, 5.74) is 3.36. The van der Waals surface area contributed by atoms with Crippen LogP contribution in [0.2, 0.25) is 0 Å². The Labute approximate surface area is 247 Å². The number of benzene rings is 2. The van der Waals surface area contributed by atoms with Crippen molar-refractivity contribution >= 4 is 29.0 Å². The van der Waals surface area contributed by atoms with E-state index in [1.54, 1.807) is 32.5 Å². The highest BCUT2D eigenvalue weighted by Crippen LogP contribution is 2.33. The van der Waals surface area contributed by atoms with Gasteiger partial charge in [-0.15, -0.1) is 0 Å². The molecule has 1 atom stereocenters. The van der Waals surface area contributed by atoms with Crippen molar-refractivity contribution in [2.24, 2.45) is 12.0 Å². The van der Waals surface area contributed by atoms with E-state index in [4.69, 9.17) is 14.5 Å². The number of amidine groups is 1. The quantitative estimate of drug-likeness (QED) is 0.285. The molecular formula is C31H41N7O4. The number of likely N-dealkylation sites (N-methyl/N-ethyl adjacent to an activating group) is 1. The molecule has 0 spiro atoms. The zero-order valence-electron chi connectivity index (χ0n) is 25.6. The third-order valence-electron chi connectivity index (χ3n) is 7.57. The number of ether oxygens (including phenoxy) is 2. The second-order valence-electron chi connectivity index (χ2n) is 10.5. The first-order valence-electron chi connectivity index (χ1n) is 14.0. The van der Waals surface area contributed by atoms with Crippen molar-refractivity contribution in [2.75, 3.05) is 52.3 Å². The minimum Gasteiger partial charge on any atom is -0.497 e. The van der Waals surface area contributed by atoms with Crippen molar-refractivity contribution in [3.8, 4) is 11.5 Å². The van der Waals surface area contributed by atoms with E-state index in [0.29, 0.717) is 43.5 Å². The maximum absolute atomic E-state index is 13.3. The van der Waals surface area contributed by atoms with Crippen LogP contribution in [-0.2, 0) is 23.1 Å². The third-order valence-corrected chi connectivity index (χ3v) is 7.57. The smallest absolute Gasteiger partial charge is 0.239 e. The highest BCUT2D eigenvalue weighted by Gasteiger charge is 2.33. The maximum Gasteiger partial charge on any atom is 0.239 e. The van der Waals surface area contributed by atoms with Crippen molar-refractivity contribution < 1.29 is 19.1 Å². The predicted octanol–water partition coefficient (Wildman–Crippen LogP) is 3.45. The maximum atomic E-state index is 13.3. The summed E-state index contributed by atoms with van der Waals surface area (Å²) < 4.78 is 12.9. The minimum absolute atomic E-state index is 0.0243. The normalized spacial score (nSPS) is 14.8. The number of methoxy groups -OCH3 is 2. The van der Waals surface area contributed by atoms with E-state index < -0.39 is 0 Å². The topological polar surface area (TPSA) is 95.7 Å². The van der Waals surface area contributed by atoms with E-state index in [0.717, 1.165) is 22.6 Å². The molecule has 0 aliphatic carbocycles. The van der Waals surface area contributed by atoms with Crippen LogP contribution in [0, 0.1) is 6.92 Å². The molecule has 11 heteroatoms. The van der Waals surface area contributed by atoms with Crippen LogP contribution in [0.25, 0.3) is 0 Å². The van der Waals surface area contributed by atoms with Crippen LogP contribution in [0.1, 0.15) is 25.1 Å². The van der Waals surface area contributed by atoms with Gasteiger partial charge in [-0.1, -0.05) is 18.2 Å². The molecule has 0 radical (unpaired) electrons. The van der Waals surface area contributed by atoms with E-state index in [-0.39, 0.29) is 24.3 Å². The van der Waals surface area contributed by atoms with Crippen LogP contribution >= 0.6 is 0 Å². The summed E-state index contributed by atoms with van der Waals surface area (Å²) in [7, 11) is 7.07. The Balaban J connectivity index is 1.63. The number of carbonyl (C=O) groups is 2. The van der Waals surface area contributed by atoms with Gasteiger partial charge >= 0.3 is 0 Å². The summed E-state index contributed by atoms with van der Waals surface area (Å²) in [6.45, 7) is 7.52. The van der Waals surface area contributed by atoms with Gasteiger partial charge in [-0.3, -0.25) is 9.59 Å². The Hall–Kier alpha value is -4.38. The summed E-state index contributed by atoms with van der Waals surface area (Å²) in [6.07, 6.45) is 3.80. The number of rotatable bonds is 9. The molecule has 1 aliphatic heterocycles. The fraction of sp³-hybridized carbons (Fsp3) is 0.419. The molecule has 2 amide bonds. The number of anilines is 1. The van der Waals surface area contributed by atoms with Gasteiger partial charge in [0.1, 0.15) is 17.3 Å². The highest BCUT2D eigenvalue weighted by molar-refractivity contribution is 6.02. The Morgan fingerprint density at radius 2 is 1.79 bits per heavy atom. The van der Waals surface area contributed by atoms with Gasteiger partial charge in [-0.05, 0) is 37.6 Å². The number of hydrazine groups is 1. The van der Waals surface area contributed by atoms with Gasteiger partial charge in [0.25, 0.3) is 0 Å². The van der Waals surface area contributed by atoms with Gasteiger partial charge in [-0.25, -0.2) is 20.0 Å². The fourth-order valence-electron chi connectivity index (χ4n) is 5.06. The molecule has 42 heavy (non-hydrogen) atoms. The number of imidazole rings is 1. The first-order chi connectivity index (χ1) is 20.1. The number of piperazine rings is 1. The lowest BCUT2D eigenvalue weighted by Crippen LogP contribution is -2.61. The number of nitrogens with zero attached hydrogens (tertiary/aromatic N) is 7. The Morgan fingerprint density at radius 3 is 2.38 bits per heavy atom. The molecule has 2 heterocycles. The Bertz CT molecular complexity index is 1430. The number of hydrogen-bond donors (Lipinski definition) is 0. The van der Waals surface area contributed by atoms with Crippen LogP contribution < -0.4 is 14.4 Å². The molecule has 1 unspecified atom stereocenters. The number of para-hydroxylation sites is 1. The van der Waals surface area contributed by atoms with Crippen molar-refractivity contribution in [1.82, 2.24) is 24.5 Å². The first kappa shape index (κ1) is 30.6. The molecule has 2 aromatic carbocycles. The van der Waals surface area contributed by atoms with Gasteiger partial charge in [-0.2, -0.15) is 0 Å². The van der Waals surface area contributed by atoms with Gasteiger partial charge in [0.15, 0.2) is 0 Å². The van der Waals surface area contributed by atoms with Crippen LogP contribution in [0.4, 0.5) is 11.4 Å². The number of aryl methyl sites for hydroxylation is 2. The van der Waals surface area contributed by atoms with Crippen LogP contribution in [-0.4, -0.2) is 95.6 Å². The molecule has 11 nitrogen and oxygen atoms in total.